The lowest BCUT2D eigenvalue weighted by molar-refractivity contribution is 0.0515. The number of piperidine rings is 1. The lowest BCUT2D eigenvalue weighted by Gasteiger charge is -2.32. The Balaban J connectivity index is 1.67. The summed E-state index contributed by atoms with van der Waals surface area (Å²) in [6, 6.07) is 4.41. The molecule has 3 rings (SSSR count). The minimum Gasteiger partial charge on any atom is -0.494 e. The third kappa shape index (κ3) is 4.17. The van der Waals surface area contributed by atoms with E-state index in [1.54, 1.807) is 11.0 Å². The Kier molecular flexibility index (Phi) is 5.33. The van der Waals surface area contributed by atoms with Crippen molar-refractivity contribution in [3.8, 4) is 11.8 Å². The number of benzene rings is 1. The second-order valence-electron chi connectivity index (χ2n) is 5.67. The molecule has 0 bridgehead atoms. The van der Waals surface area contributed by atoms with Crippen LogP contribution < -0.4 is 9.47 Å². The van der Waals surface area contributed by atoms with E-state index in [0.29, 0.717) is 18.1 Å². The molecule has 1 aliphatic rings. The quantitative estimate of drug-likeness (QED) is 0.833. The monoisotopic (exact) mass is 365 g/mol. The predicted molar refractivity (Wildman–Crippen MR) is 89.5 cm³/mol. The zero-order valence-corrected chi connectivity index (χ0v) is 14.4. The highest BCUT2D eigenvalue weighted by molar-refractivity contribution is 6.30. The van der Waals surface area contributed by atoms with Crippen molar-refractivity contribution in [1.29, 1.82) is 0 Å². The summed E-state index contributed by atoms with van der Waals surface area (Å²) in [5.41, 5.74) is 0.279. The Morgan fingerprint density at radius 1 is 1.36 bits per heavy atom. The molecule has 1 fully saturated rings. The number of rotatable bonds is 4. The first-order chi connectivity index (χ1) is 12.1. The van der Waals surface area contributed by atoms with Gasteiger partial charge in [0, 0.05) is 12.1 Å². The van der Waals surface area contributed by atoms with E-state index in [2.05, 4.69) is 9.97 Å². The van der Waals surface area contributed by atoms with Gasteiger partial charge < -0.3 is 14.4 Å². The van der Waals surface area contributed by atoms with E-state index in [-0.39, 0.29) is 29.3 Å². The van der Waals surface area contributed by atoms with Gasteiger partial charge in [-0.3, -0.25) is 4.79 Å². The summed E-state index contributed by atoms with van der Waals surface area (Å²) in [7, 11) is 1.38. The van der Waals surface area contributed by atoms with Gasteiger partial charge in [0.25, 0.3) is 5.91 Å². The zero-order valence-electron chi connectivity index (χ0n) is 13.6. The number of carbonyl (C=O) groups excluding carboxylic acids is 1. The predicted octanol–water partition coefficient (Wildman–Crippen LogP) is 2.96. The molecule has 0 aliphatic carbocycles. The lowest BCUT2D eigenvalue weighted by atomic mass is 10.1. The number of amides is 1. The third-order valence-electron chi connectivity index (χ3n) is 3.93. The van der Waals surface area contributed by atoms with Gasteiger partial charge in [-0.1, -0.05) is 11.6 Å². The van der Waals surface area contributed by atoms with Gasteiger partial charge in [0.05, 0.1) is 31.1 Å². The molecule has 2 aromatic rings. The van der Waals surface area contributed by atoms with Crippen molar-refractivity contribution in [2.45, 2.75) is 18.9 Å². The molecule has 1 saturated heterocycles. The largest absolute Gasteiger partial charge is 0.494 e. The van der Waals surface area contributed by atoms with Crippen molar-refractivity contribution in [3.63, 3.8) is 0 Å². The number of likely N-dealkylation sites (tertiary alicyclic amines) is 1. The molecule has 0 saturated carbocycles. The Labute approximate surface area is 149 Å². The summed E-state index contributed by atoms with van der Waals surface area (Å²) < 4.78 is 24.4. The van der Waals surface area contributed by atoms with Crippen LogP contribution in [-0.2, 0) is 0 Å². The van der Waals surface area contributed by atoms with E-state index < -0.39 is 5.82 Å². The van der Waals surface area contributed by atoms with Gasteiger partial charge in [-0.15, -0.1) is 0 Å². The molecular weight excluding hydrogens is 349 g/mol. The van der Waals surface area contributed by atoms with E-state index in [9.17, 15) is 9.18 Å². The van der Waals surface area contributed by atoms with Crippen molar-refractivity contribution in [2.24, 2.45) is 0 Å². The molecule has 1 aromatic heterocycles. The maximum Gasteiger partial charge on any atom is 0.316 e. The average Bonchev–Trinajstić information content (AvgIpc) is 2.63. The fourth-order valence-corrected chi connectivity index (χ4v) is 2.81. The highest BCUT2D eigenvalue weighted by Crippen LogP contribution is 2.21. The van der Waals surface area contributed by atoms with Crippen molar-refractivity contribution >= 4 is 17.5 Å². The minimum absolute atomic E-state index is 0.108. The molecule has 8 heteroatoms. The number of nitrogens with zero attached hydrogens (tertiary/aromatic N) is 3. The smallest absolute Gasteiger partial charge is 0.316 e. The maximum absolute atomic E-state index is 13.8. The molecular formula is C17H17ClFN3O3. The molecule has 0 spiro atoms. The molecule has 0 radical (unpaired) electrons. The van der Waals surface area contributed by atoms with Crippen LogP contribution in [0.3, 0.4) is 0 Å². The van der Waals surface area contributed by atoms with Crippen molar-refractivity contribution in [2.75, 3.05) is 20.2 Å². The third-order valence-corrected chi connectivity index (χ3v) is 4.13. The number of ether oxygens (including phenoxy) is 2. The van der Waals surface area contributed by atoms with Gasteiger partial charge in [0.2, 0.25) is 0 Å². The highest BCUT2D eigenvalue weighted by Gasteiger charge is 2.26. The number of hydrogen-bond donors (Lipinski definition) is 0. The Hall–Kier alpha value is -2.41. The van der Waals surface area contributed by atoms with Crippen LogP contribution in [0.2, 0.25) is 5.02 Å². The standard InChI is InChI=1S/C17H17ClFN3O3/c1-24-15-5-4-11(7-14(15)19)16(23)22-6-2-3-13(10-22)25-17-20-8-12(18)9-21-17/h4-5,7-9,13H,2-3,6,10H2,1H3. The van der Waals surface area contributed by atoms with E-state index >= 15 is 0 Å². The molecule has 1 aromatic carbocycles. The second kappa shape index (κ2) is 7.65. The molecule has 1 aliphatic heterocycles. The normalized spacial score (nSPS) is 17.2. The first-order valence-electron chi connectivity index (χ1n) is 7.84. The average molecular weight is 366 g/mol. The van der Waals surface area contributed by atoms with Crippen LogP contribution in [0, 0.1) is 5.82 Å². The van der Waals surface area contributed by atoms with Crippen LogP contribution in [0.25, 0.3) is 0 Å². The number of halogens is 2. The first-order valence-corrected chi connectivity index (χ1v) is 8.21. The summed E-state index contributed by atoms with van der Waals surface area (Å²) >= 11 is 5.75. The van der Waals surface area contributed by atoms with Crippen LogP contribution >= 0.6 is 11.6 Å². The summed E-state index contributed by atoms with van der Waals surface area (Å²) in [5.74, 6) is -0.698. The SMILES string of the molecule is COc1ccc(C(=O)N2CCCC(Oc3ncc(Cl)cn3)C2)cc1F. The van der Waals surface area contributed by atoms with Crippen LogP contribution in [0.4, 0.5) is 4.39 Å². The van der Waals surface area contributed by atoms with Gasteiger partial charge in [-0.05, 0) is 31.0 Å². The Morgan fingerprint density at radius 2 is 2.12 bits per heavy atom. The molecule has 1 unspecified atom stereocenters. The number of carbonyl (C=O) groups is 1. The minimum atomic E-state index is -0.562. The second-order valence-corrected chi connectivity index (χ2v) is 6.10. The maximum atomic E-state index is 13.8. The molecule has 6 nitrogen and oxygen atoms in total. The molecule has 25 heavy (non-hydrogen) atoms. The molecule has 1 amide bonds. The fourth-order valence-electron chi connectivity index (χ4n) is 2.71. The van der Waals surface area contributed by atoms with Crippen LogP contribution in [-0.4, -0.2) is 47.1 Å². The Morgan fingerprint density at radius 3 is 2.80 bits per heavy atom. The van der Waals surface area contributed by atoms with Crippen LogP contribution in [0.5, 0.6) is 11.8 Å². The summed E-state index contributed by atoms with van der Waals surface area (Å²) in [6.45, 7) is 0.978. The van der Waals surface area contributed by atoms with Crippen molar-refractivity contribution in [1.82, 2.24) is 14.9 Å². The van der Waals surface area contributed by atoms with Gasteiger partial charge >= 0.3 is 6.01 Å². The summed E-state index contributed by atoms with van der Waals surface area (Å²) in [4.78, 5) is 22.3. The lowest BCUT2D eigenvalue weighted by Crippen LogP contribution is -2.44. The molecule has 0 N–H and O–H groups in total. The molecule has 132 valence electrons. The van der Waals surface area contributed by atoms with Crippen molar-refractivity contribution in [3.05, 3.63) is 47.0 Å². The molecule has 1 atom stereocenters. The van der Waals surface area contributed by atoms with Gasteiger partial charge in [-0.25, -0.2) is 14.4 Å². The molecule has 2 heterocycles. The topological polar surface area (TPSA) is 64.5 Å². The van der Waals surface area contributed by atoms with Crippen LogP contribution in [0.1, 0.15) is 23.2 Å². The van der Waals surface area contributed by atoms with E-state index in [0.717, 1.165) is 12.8 Å². The Bertz CT molecular complexity index is 757. The zero-order chi connectivity index (χ0) is 17.8. The first kappa shape index (κ1) is 17.4. The van der Waals surface area contributed by atoms with E-state index in [4.69, 9.17) is 21.1 Å². The highest BCUT2D eigenvalue weighted by atomic mass is 35.5. The van der Waals surface area contributed by atoms with E-state index in [1.165, 1.54) is 31.6 Å². The summed E-state index contributed by atoms with van der Waals surface area (Å²) in [5, 5.41) is 0.425. The number of aromatic nitrogens is 2. The number of hydrogen-bond acceptors (Lipinski definition) is 5. The van der Waals surface area contributed by atoms with Gasteiger partial charge in [0.15, 0.2) is 11.6 Å². The van der Waals surface area contributed by atoms with E-state index in [1.807, 2.05) is 0 Å². The fraction of sp³-hybridized carbons (Fsp3) is 0.353. The van der Waals surface area contributed by atoms with Crippen molar-refractivity contribution < 1.29 is 18.7 Å². The van der Waals surface area contributed by atoms with Crippen LogP contribution in [0.15, 0.2) is 30.6 Å². The van der Waals surface area contributed by atoms with Gasteiger partial charge in [-0.2, -0.15) is 0 Å². The van der Waals surface area contributed by atoms with Gasteiger partial charge in [0.1, 0.15) is 6.10 Å². The number of methoxy groups -OCH3 is 1. The summed E-state index contributed by atoms with van der Waals surface area (Å²) in [6.07, 6.45) is 4.25.